The molecule has 0 spiro atoms. The lowest BCUT2D eigenvalue weighted by Crippen LogP contribution is -2.52. The minimum absolute atomic E-state index is 0.0137. The van der Waals surface area contributed by atoms with Gasteiger partial charge in [-0.3, -0.25) is 14.9 Å². The maximum atomic E-state index is 14.8. The maximum absolute atomic E-state index is 14.8. The fourth-order valence-corrected chi connectivity index (χ4v) is 12.5. The number of methoxy groups -OCH3 is 1. The van der Waals surface area contributed by atoms with Crippen LogP contribution in [0.4, 0.5) is 4.79 Å². The summed E-state index contributed by atoms with van der Waals surface area (Å²) in [6, 6.07) is 30.3. The van der Waals surface area contributed by atoms with Crippen molar-refractivity contribution in [1.29, 1.82) is 0 Å². The topological polar surface area (TPSA) is 176 Å². The number of nitrogens with zero attached hydrogens (tertiary/aromatic N) is 3. The number of likely N-dealkylation sites (tertiary alicyclic amines) is 2. The summed E-state index contributed by atoms with van der Waals surface area (Å²) in [6.07, 6.45) is 13.0. The van der Waals surface area contributed by atoms with Gasteiger partial charge >= 0.3 is 6.09 Å². The number of alkyl carbamates (subject to hydrolysis) is 1. The fourth-order valence-electron chi connectivity index (χ4n) is 12.5. The van der Waals surface area contributed by atoms with Crippen molar-refractivity contribution in [2.75, 3.05) is 13.9 Å². The number of imidazole rings is 1. The molecule has 0 bridgehead atoms. The standard InChI is InChI=1S/C56H62N8O6/c1-33(48-28-38-17-9-11-19-46(38)63(48)53(65)50(61-55(67)68-2)34-13-5-3-6-14-34)59-44(30-57)36-21-23-42-40(25-36)27-41-26-37(22-24-43(41)42)45-31-58-52(60-45)49-29-39-18-10-12-20-47(39)64(49)54(66)51(62-56-69-32-70-56)35-15-7-4-8-16-35/h3-8,13-16,21-26,30-31,38-39,46-51,56,59,62H,1,9-12,17-20,27-29,32,57H2,2H3,(H,58,60)(H,61,67)/b44-30-/t38-,39-,46-,47-,48+,49+,50-,51-/m1/s1. The Morgan fingerprint density at radius 3 is 2.10 bits per heavy atom. The van der Waals surface area contributed by atoms with Crippen LogP contribution in [-0.4, -0.2) is 76.1 Å². The second-order valence-corrected chi connectivity index (χ2v) is 19.8. The minimum Gasteiger partial charge on any atom is -0.453 e. The molecule has 3 amide bonds. The quantitative estimate of drug-likeness (QED) is 0.0753. The Morgan fingerprint density at radius 1 is 0.800 bits per heavy atom. The molecule has 3 aliphatic heterocycles. The molecule has 0 radical (unpaired) electrons. The molecule has 14 heteroatoms. The number of carbonyl (C=O) groups is 3. The average molecular weight is 943 g/mol. The molecule has 2 saturated carbocycles. The summed E-state index contributed by atoms with van der Waals surface area (Å²) < 4.78 is 16.1. The Labute approximate surface area is 409 Å². The summed E-state index contributed by atoms with van der Waals surface area (Å²) in [6.45, 7) is 4.74. The van der Waals surface area contributed by atoms with Crippen LogP contribution in [0.2, 0.25) is 0 Å². The van der Waals surface area contributed by atoms with Crippen LogP contribution in [0.1, 0.15) is 116 Å². The molecule has 362 valence electrons. The third kappa shape index (κ3) is 8.66. The number of amides is 3. The molecular weight excluding hydrogens is 881 g/mol. The molecule has 5 aromatic rings. The van der Waals surface area contributed by atoms with Gasteiger partial charge in [0.05, 0.1) is 36.8 Å². The van der Waals surface area contributed by atoms with Crippen LogP contribution in [0.25, 0.3) is 28.1 Å². The number of nitrogens with one attached hydrogen (secondary N) is 4. The highest BCUT2D eigenvalue weighted by atomic mass is 16.9. The van der Waals surface area contributed by atoms with Gasteiger partial charge in [0, 0.05) is 24.0 Å². The predicted octanol–water partition coefficient (Wildman–Crippen LogP) is 8.72. The molecule has 8 atom stereocenters. The van der Waals surface area contributed by atoms with Gasteiger partial charge in [0.25, 0.3) is 5.91 Å². The highest BCUT2D eigenvalue weighted by molar-refractivity contribution is 5.88. The molecule has 4 aromatic carbocycles. The second-order valence-electron chi connectivity index (χ2n) is 19.8. The summed E-state index contributed by atoms with van der Waals surface area (Å²) in [5.41, 5.74) is 17.0. The lowest BCUT2D eigenvalue weighted by Gasteiger charge is -2.38. The van der Waals surface area contributed by atoms with Gasteiger partial charge in [-0.15, -0.1) is 0 Å². The van der Waals surface area contributed by atoms with E-state index in [4.69, 9.17) is 24.9 Å². The van der Waals surface area contributed by atoms with Crippen LogP contribution in [-0.2, 0) is 30.2 Å². The fraction of sp³-hybridized carbons (Fsp3) is 0.393. The zero-order valence-corrected chi connectivity index (χ0v) is 39.6. The molecular formula is C56H62N8O6. The number of fused-ring (bicyclic) bond motifs is 5. The number of hydrogen-bond donors (Lipinski definition) is 5. The van der Waals surface area contributed by atoms with Gasteiger partial charge in [0.2, 0.25) is 12.3 Å². The number of nitrogens with two attached hydrogens (primary N) is 1. The molecule has 3 aliphatic carbocycles. The van der Waals surface area contributed by atoms with Gasteiger partial charge in [-0.2, -0.15) is 0 Å². The van der Waals surface area contributed by atoms with E-state index in [0.29, 0.717) is 28.8 Å². The summed E-state index contributed by atoms with van der Waals surface area (Å²) >= 11 is 0. The van der Waals surface area contributed by atoms with Crippen molar-refractivity contribution in [1.82, 2.24) is 35.7 Å². The van der Waals surface area contributed by atoms with Crippen molar-refractivity contribution < 1.29 is 28.6 Å². The van der Waals surface area contributed by atoms with Crippen molar-refractivity contribution in [3.63, 3.8) is 0 Å². The molecule has 6 N–H and O–H groups in total. The highest BCUT2D eigenvalue weighted by Gasteiger charge is 2.50. The molecule has 14 nitrogen and oxygen atoms in total. The van der Waals surface area contributed by atoms with Gasteiger partial charge in [0.1, 0.15) is 17.9 Å². The number of hydrogen-bond acceptors (Lipinski definition) is 10. The van der Waals surface area contributed by atoms with E-state index in [2.05, 4.69) is 68.8 Å². The van der Waals surface area contributed by atoms with E-state index in [1.807, 2.05) is 71.8 Å². The number of ether oxygens (including phenoxy) is 3. The summed E-state index contributed by atoms with van der Waals surface area (Å²) in [7, 11) is 1.31. The predicted molar refractivity (Wildman–Crippen MR) is 266 cm³/mol. The van der Waals surface area contributed by atoms with Crippen LogP contribution in [0.3, 0.4) is 0 Å². The largest absolute Gasteiger partial charge is 0.453 e. The SMILES string of the molecule is C=C(N/C(=C\N)c1ccc2c(c1)Cc1cc(-c3cnc([C@@H]4C[C@H]5CCCC[C@H]5N4C(=O)[C@H](NC4OCO4)c4ccccc4)[nH]3)ccc1-2)[C@@H]1C[C@H]2CCCC[C@H]2N1C(=O)[C@H](NC(=O)OC)c1ccccc1. The molecule has 70 heavy (non-hydrogen) atoms. The normalized spacial score (nSPS) is 24.6. The molecule has 3 saturated heterocycles. The number of rotatable bonds is 13. The third-order valence-corrected chi connectivity index (χ3v) is 15.9. The van der Waals surface area contributed by atoms with Crippen LogP contribution in [0.15, 0.2) is 122 Å². The van der Waals surface area contributed by atoms with Crippen molar-refractivity contribution in [3.05, 3.63) is 155 Å². The summed E-state index contributed by atoms with van der Waals surface area (Å²) in [4.78, 5) is 54.9. The van der Waals surface area contributed by atoms with E-state index in [1.54, 1.807) is 6.20 Å². The zero-order chi connectivity index (χ0) is 47.9. The minimum atomic E-state index is -0.912. The Balaban J connectivity index is 0.807. The Morgan fingerprint density at radius 2 is 1.43 bits per heavy atom. The maximum Gasteiger partial charge on any atom is 0.407 e. The van der Waals surface area contributed by atoms with E-state index in [1.165, 1.54) is 35.8 Å². The number of aromatic amines is 1. The first kappa shape index (κ1) is 45.7. The first-order valence-corrected chi connectivity index (χ1v) is 25.0. The van der Waals surface area contributed by atoms with Gasteiger partial charge in [0.15, 0.2) is 6.79 Å². The molecule has 11 rings (SSSR count). The van der Waals surface area contributed by atoms with Gasteiger partial charge in [-0.05, 0) is 113 Å². The van der Waals surface area contributed by atoms with Crippen LogP contribution in [0.5, 0.6) is 0 Å². The van der Waals surface area contributed by atoms with Gasteiger partial charge in [-0.25, -0.2) is 9.78 Å². The Bertz CT molecular complexity index is 2790. The number of carbonyl (C=O) groups excluding carboxylic acids is 3. The van der Waals surface area contributed by atoms with Crippen LogP contribution in [0, 0.1) is 11.8 Å². The second kappa shape index (κ2) is 19.6. The van der Waals surface area contributed by atoms with Crippen LogP contribution < -0.4 is 21.7 Å². The molecule has 1 aromatic heterocycles. The van der Waals surface area contributed by atoms with Crippen LogP contribution >= 0.6 is 0 Å². The Hall–Kier alpha value is -6.74. The van der Waals surface area contributed by atoms with E-state index in [9.17, 15) is 14.4 Å². The number of benzene rings is 4. The van der Waals surface area contributed by atoms with Crippen molar-refractivity contribution in [2.45, 2.75) is 113 Å². The third-order valence-electron chi connectivity index (χ3n) is 15.9. The summed E-state index contributed by atoms with van der Waals surface area (Å²) in [5.74, 6) is 1.38. The Kier molecular flexibility index (Phi) is 12.8. The van der Waals surface area contributed by atoms with E-state index in [-0.39, 0.29) is 42.8 Å². The molecule has 0 unspecified atom stereocenters. The van der Waals surface area contributed by atoms with Crippen molar-refractivity contribution >= 4 is 23.6 Å². The summed E-state index contributed by atoms with van der Waals surface area (Å²) in [5, 5.41) is 9.70. The molecule has 6 aliphatic rings. The van der Waals surface area contributed by atoms with Gasteiger partial charge in [-0.1, -0.05) is 117 Å². The monoisotopic (exact) mass is 942 g/mol. The lowest BCUT2D eigenvalue weighted by atomic mass is 9.84. The van der Waals surface area contributed by atoms with E-state index in [0.717, 1.165) is 92.4 Å². The van der Waals surface area contributed by atoms with E-state index >= 15 is 0 Å². The number of H-pyrrole nitrogens is 1. The average Bonchev–Trinajstić information content (AvgIpc) is 4.20. The number of aromatic nitrogens is 2. The smallest absolute Gasteiger partial charge is 0.407 e. The lowest BCUT2D eigenvalue weighted by molar-refractivity contribution is -0.335. The zero-order valence-electron chi connectivity index (χ0n) is 39.6. The molecule has 5 fully saturated rings. The van der Waals surface area contributed by atoms with Crippen molar-refractivity contribution in [3.8, 4) is 22.4 Å². The first-order chi connectivity index (χ1) is 34.3. The van der Waals surface area contributed by atoms with Gasteiger partial charge < -0.3 is 45.4 Å². The van der Waals surface area contributed by atoms with Crippen molar-refractivity contribution in [2.24, 2.45) is 17.6 Å². The van der Waals surface area contributed by atoms with E-state index < -0.39 is 24.6 Å². The first-order valence-electron chi connectivity index (χ1n) is 25.0. The molecule has 4 heterocycles. The highest BCUT2D eigenvalue weighted by Crippen LogP contribution is 2.48.